The average molecular weight is 296 g/mol. The lowest BCUT2D eigenvalue weighted by molar-refractivity contribution is -0.115. The lowest BCUT2D eigenvalue weighted by Crippen LogP contribution is -2.15. The highest BCUT2D eigenvalue weighted by molar-refractivity contribution is 5.93. The number of fused-ring (bicyclic) bond motifs is 1. The Kier molecular flexibility index (Phi) is 4.00. The Morgan fingerprint density at radius 3 is 2.73 bits per heavy atom. The van der Waals surface area contributed by atoms with E-state index in [4.69, 9.17) is 4.74 Å². The zero-order valence-electron chi connectivity index (χ0n) is 12.9. The van der Waals surface area contributed by atoms with Crippen molar-refractivity contribution in [3.8, 4) is 5.75 Å². The minimum Gasteiger partial charge on any atom is -0.497 e. The fraction of sp³-hybridized carbons (Fsp3) is 0.278. The predicted molar refractivity (Wildman–Crippen MR) is 88.7 cm³/mol. The van der Waals surface area contributed by atoms with Gasteiger partial charge in [-0.1, -0.05) is 18.2 Å². The molecule has 0 aliphatic carbocycles. The normalized spacial score (nSPS) is 12.9. The summed E-state index contributed by atoms with van der Waals surface area (Å²) in [5, 5.41) is 2.97. The van der Waals surface area contributed by atoms with Crippen molar-refractivity contribution >= 4 is 17.3 Å². The fourth-order valence-electron chi connectivity index (χ4n) is 2.75. The minimum atomic E-state index is -0.00855. The monoisotopic (exact) mass is 296 g/mol. The molecule has 0 radical (unpaired) electrons. The Morgan fingerprint density at radius 1 is 1.23 bits per heavy atom. The first kappa shape index (κ1) is 14.4. The fourth-order valence-corrected chi connectivity index (χ4v) is 2.75. The van der Waals surface area contributed by atoms with Gasteiger partial charge in [0.15, 0.2) is 0 Å². The van der Waals surface area contributed by atoms with Crippen molar-refractivity contribution in [1.82, 2.24) is 0 Å². The van der Waals surface area contributed by atoms with Crippen molar-refractivity contribution in [1.29, 1.82) is 0 Å². The summed E-state index contributed by atoms with van der Waals surface area (Å²) in [4.78, 5) is 14.4. The number of nitrogens with zero attached hydrogens (tertiary/aromatic N) is 1. The van der Waals surface area contributed by atoms with Gasteiger partial charge >= 0.3 is 0 Å². The van der Waals surface area contributed by atoms with Crippen LogP contribution in [0.4, 0.5) is 11.4 Å². The van der Waals surface area contributed by atoms with Crippen LogP contribution in [-0.4, -0.2) is 26.6 Å². The molecular weight excluding hydrogens is 276 g/mol. The molecule has 0 saturated carbocycles. The number of likely N-dealkylation sites (N-methyl/N-ethyl adjacent to an activating group) is 1. The second-order valence-corrected chi connectivity index (χ2v) is 5.59. The number of methoxy groups -OCH3 is 1. The summed E-state index contributed by atoms with van der Waals surface area (Å²) in [6.45, 7) is 1.04. The smallest absolute Gasteiger partial charge is 0.228 e. The summed E-state index contributed by atoms with van der Waals surface area (Å²) in [5.41, 5.74) is 4.38. The summed E-state index contributed by atoms with van der Waals surface area (Å²) in [5.74, 6) is 0.789. The van der Waals surface area contributed by atoms with Crippen LogP contribution >= 0.6 is 0 Å². The van der Waals surface area contributed by atoms with E-state index in [2.05, 4.69) is 23.3 Å². The summed E-state index contributed by atoms with van der Waals surface area (Å²) in [6, 6.07) is 13.7. The molecule has 0 aromatic heterocycles. The first-order chi connectivity index (χ1) is 10.7. The maximum atomic E-state index is 12.2. The highest BCUT2D eigenvalue weighted by atomic mass is 16.5. The maximum absolute atomic E-state index is 12.2. The number of anilines is 2. The second-order valence-electron chi connectivity index (χ2n) is 5.59. The molecule has 22 heavy (non-hydrogen) atoms. The first-order valence-electron chi connectivity index (χ1n) is 7.42. The van der Waals surface area contributed by atoms with Gasteiger partial charge in [-0.15, -0.1) is 0 Å². The third kappa shape index (κ3) is 3.06. The molecule has 1 amide bonds. The molecule has 1 aliphatic heterocycles. The van der Waals surface area contributed by atoms with E-state index in [0.29, 0.717) is 6.42 Å². The molecule has 2 aromatic rings. The number of carbonyl (C=O) groups excluding carboxylic acids is 1. The molecule has 1 aliphatic rings. The van der Waals surface area contributed by atoms with Gasteiger partial charge in [-0.2, -0.15) is 0 Å². The molecule has 0 bridgehead atoms. The number of rotatable bonds is 4. The molecule has 0 spiro atoms. The molecule has 1 heterocycles. The number of benzene rings is 2. The molecule has 114 valence electrons. The Hall–Kier alpha value is -2.49. The van der Waals surface area contributed by atoms with Crippen molar-refractivity contribution in [3.05, 3.63) is 53.6 Å². The van der Waals surface area contributed by atoms with E-state index in [9.17, 15) is 4.79 Å². The lowest BCUT2D eigenvalue weighted by atomic mass is 10.1. The van der Waals surface area contributed by atoms with Crippen molar-refractivity contribution in [2.45, 2.75) is 12.8 Å². The van der Waals surface area contributed by atoms with Crippen LogP contribution < -0.4 is 15.0 Å². The standard InChI is InChI=1S/C18H20N2O2/c1-20-10-9-14-5-6-15(12-17(14)20)19-18(21)11-13-3-7-16(22-2)8-4-13/h3-8,12H,9-11H2,1-2H3,(H,19,21). The molecule has 1 N–H and O–H groups in total. The zero-order valence-corrected chi connectivity index (χ0v) is 12.9. The molecule has 0 fully saturated rings. The van der Waals surface area contributed by atoms with Gasteiger partial charge in [0.2, 0.25) is 5.91 Å². The van der Waals surface area contributed by atoms with Crippen LogP contribution in [0.25, 0.3) is 0 Å². The third-order valence-electron chi connectivity index (χ3n) is 4.02. The lowest BCUT2D eigenvalue weighted by Gasteiger charge is -2.13. The second kappa shape index (κ2) is 6.10. The minimum absolute atomic E-state index is 0.00855. The van der Waals surface area contributed by atoms with Gasteiger partial charge in [-0.25, -0.2) is 0 Å². The van der Waals surface area contributed by atoms with Gasteiger partial charge < -0.3 is 15.0 Å². The number of ether oxygens (including phenoxy) is 1. The topological polar surface area (TPSA) is 41.6 Å². The molecular formula is C18H20N2O2. The van der Waals surface area contributed by atoms with Crippen molar-refractivity contribution in [3.63, 3.8) is 0 Å². The zero-order chi connectivity index (χ0) is 15.5. The third-order valence-corrected chi connectivity index (χ3v) is 4.02. The van der Waals surface area contributed by atoms with Gasteiger partial charge in [0.1, 0.15) is 5.75 Å². The largest absolute Gasteiger partial charge is 0.497 e. The summed E-state index contributed by atoms with van der Waals surface area (Å²) in [7, 11) is 3.71. The Balaban J connectivity index is 1.65. The highest BCUT2D eigenvalue weighted by Crippen LogP contribution is 2.29. The van der Waals surface area contributed by atoms with Gasteiger partial charge in [0, 0.05) is 25.0 Å². The van der Waals surface area contributed by atoms with Crippen molar-refractivity contribution in [2.75, 3.05) is 30.9 Å². The molecule has 4 nitrogen and oxygen atoms in total. The molecule has 0 atom stereocenters. The predicted octanol–water partition coefficient (Wildman–Crippen LogP) is 2.87. The van der Waals surface area contributed by atoms with E-state index >= 15 is 0 Å². The van der Waals surface area contributed by atoms with Crippen LogP contribution in [0, 0.1) is 0 Å². The Bertz CT molecular complexity index is 680. The maximum Gasteiger partial charge on any atom is 0.228 e. The Morgan fingerprint density at radius 2 is 2.00 bits per heavy atom. The first-order valence-corrected chi connectivity index (χ1v) is 7.42. The van der Waals surface area contributed by atoms with Gasteiger partial charge in [-0.05, 0) is 41.8 Å². The molecule has 2 aromatic carbocycles. The summed E-state index contributed by atoms with van der Waals surface area (Å²) >= 11 is 0. The average Bonchev–Trinajstić information content (AvgIpc) is 2.89. The van der Waals surface area contributed by atoms with Crippen molar-refractivity contribution < 1.29 is 9.53 Å². The number of carbonyl (C=O) groups is 1. The van der Waals surface area contributed by atoms with E-state index in [-0.39, 0.29) is 5.91 Å². The molecule has 0 unspecified atom stereocenters. The van der Waals surface area contributed by atoms with Crippen LogP contribution in [0.3, 0.4) is 0 Å². The van der Waals surface area contributed by atoms with Crippen LogP contribution in [-0.2, 0) is 17.6 Å². The van der Waals surface area contributed by atoms with E-state index in [0.717, 1.165) is 30.0 Å². The molecule has 0 saturated heterocycles. The van der Waals surface area contributed by atoms with Gasteiger partial charge in [-0.3, -0.25) is 4.79 Å². The van der Waals surface area contributed by atoms with Gasteiger partial charge in [0.25, 0.3) is 0 Å². The van der Waals surface area contributed by atoms with Crippen LogP contribution in [0.1, 0.15) is 11.1 Å². The van der Waals surface area contributed by atoms with Gasteiger partial charge in [0.05, 0.1) is 13.5 Å². The van der Waals surface area contributed by atoms with E-state index in [1.54, 1.807) is 7.11 Å². The Labute approximate surface area is 130 Å². The highest BCUT2D eigenvalue weighted by Gasteiger charge is 2.16. The van der Waals surface area contributed by atoms with Crippen LogP contribution in [0.15, 0.2) is 42.5 Å². The van der Waals surface area contributed by atoms with Crippen molar-refractivity contribution in [2.24, 2.45) is 0 Å². The van der Waals surface area contributed by atoms with E-state index in [1.807, 2.05) is 36.4 Å². The van der Waals surface area contributed by atoms with Crippen LogP contribution in [0.5, 0.6) is 5.75 Å². The molecule has 4 heteroatoms. The van der Waals surface area contributed by atoms with E-state index in [1.165, 1.54) is 11.3 Å². The van der Waals surface area contributed by atoms with Crippen LogP contribution in [0.2, 0.25) is 0 Å². The van der Waals surface area contributed by atoms with E-state index < -0.39 is 0 Å². The number of nitrogens with one attached hydrogen (secondary N) is 1. The number of hydrogen-bond donors (Lipinski definition) is 1. The molecule has 3 rings (SSSR count). The summed E-state index contributed by atoms with van der Waals surface area (Å²) in [6.07, 6.45) is 1.43. The summed E-state index contributed by atoms with van der Waals surface area (Å²) < 4.78 is 5.12. The quantitative estimate of drug-likeness (QED) is 0.943. The number of amides is 1. The number of hydrogen-bond acceptors (Lipinski definition) is 3. The SMILES string of the molecule is COc1ccc(CC(=O)Nc2ccc3c(c2)N(C)CC3)cc1.